The molecule has 0 radical (unpaired) electrons. The lowest BCUT2D eigenvalue weighted by molar-refractivity contribution is 0.104. The van der Waals surface area contributed by atoms with Gasteiger partial charge < -0.3 is 14.2 Å². The molecule has 0 unspecified atom stereocenters. The average Bonchev–Trinajstić information content (AvgIpc) is 2.81. The zero-order valence-corrected chi connectivity index (χ0v) is 18.3. The second-order valence-electron chi connectivity index (χ2n) is 6.66. The smallest absolute Gasteiger partial charge is 0.203 e. The number of ketones is 1. The SMILES string of the molecule is COc1cc(/C=C/c2ccc(/C=C/C(=O)c3ccc(Cl)cc3)cc2)cc(OC)c1OC. The highest BCUT2D eigenvalue weighted by Gasteiger charge is 2.11. The van der Waals surface area contributed by atoms with Crippen molar-refractivity contribution in [3.63, 3.8) is 0 Å². The van der Waals surface area contributed by atoms with Gasteiger partial charge >= 0.3 is 0 Å². The quantitative estimate of drug-likeness (QED) is 0.233. The van der Waals surface area contributed by atoms with Crippen LogP contribution in [0.5, 0.6) is 17.2 Å². The summed E-state index contributed by atoms with van der Waals surface area (Å²) in [6.07, 6.45) is 7.32. The molecule has 3 aromatic carbocycles. The Morgan fingerprint density at radius 3 is 1.74 bits per heavy atom. The molecule has 0 spiro atoms. The van der Waals surface area contributed by atoms with Crippen LogP contribution in [0.25, 0.3) is 18.2 Å². The summed E-state index contributed by atoms with van der Waals surface area (Å²) < 4.78 is 16.1. The van der Waals surface area contributed by atoms with E-state index in [1.165, 1.54) is 0 Å². The molecule has 0 atom stereocenters. The van der Waals surface area contributed by atoms with Gasteiger partial charge in [-0.15, -0.1) is 0 Å². The van der Waals surface area contributed by atoms with E-state index in [4.69, 9.17) is 25.8 Å². The maximum atomic E-state index is 12.2. The number of benzene rings is 3. The standard InChI is InChI=1S/C26H23ClO4/c1-29-24-16-20(17-25(30-2)26(24)31-3)9-8-18-4-6-19(7-5-18)10-15-23(28)21-11-13-22(27)14-12-21/h4-17H,1-3H3/b9-8+,15-10+. The van der Waals surface area contributed by atoms with Crippen LogP contribution in [0.1, 0.15) is 27.0 Å². The van der Waals surface area contributed by atoms with Crippen LogP contribution in [-0.4, -0.2) is 27.1 Å². The van der Waals surface area contributed by atoms with Gasteiger partial charge in [-0.1, -0.05) is 54.1 Å². The predicted molar refractivity (Wildman–Crippen MR) is 126 cm³/mol. The Morgan fingerprint density at radius 1 is 0.710 bits per heavy atom. The molecule has 0 heterocycles. The maximum absolute atomic E-state index is 12.2. The summed E-state index contributed by atoms with van der Waals surface area (Å²) in [5.74, 6) is 1.70. The zero-order valence-electron chi connectivity index (χ0n) is 17.6. The predicted octanol–water partition coefficient (Wildman–Crippen LogP) is 6.43. The van der Waals surface area contributed by atoms with Crippen LogP contribution in [0.3, 0.4) is 0 Å². The molecular weight excluding hydrogens is 412 g/mol. The van der Waals surface area contributed by atoms with Crippen molar-refractivity contribution in [2.24, 2.45) is 0 Å². The highest BCUT2D eigenvalue weighted by atomic mass is 35.5. The Bertz CT molecular complexity index is 1070. The summed E-state index contributed by atoms with van der Waals surface area (Å²) in [5, 5.41) is 0.607. The van der Waals surface area contributed by atoms with Gasteiger partial charge in [-0.3, -0.25) is 4.79 Å². The van der Waals surface area contributed by atoms with E-state index in [0.717, 1.165) is 16.7 Å². The fraction of sp³-hybridized carbons (Fsp3) is 0.115. The lowest BCUT2D eigenvalue weighted by Gasteiger charge is -2.12. The van der Waals surface area contributed by atoms with Crippen LogP contribution in [0, 0.1) is 0 Å². The lowest BCUT2D eigenvalue weighted by Crippen LogP contribution is -1.95. The van der Waals surface area contributed by atoms with Crippen molar-refractivity contribution in [3.8, 4) is 17.2 Å². The molecule has 0 saturated carbocycles. The van der Waals surface area contributed by atoms with Crippen molar-refractivity contribution in [1.82, 2.24) is 0 Å². The molecule has 0 fully saturated rings. The second-order valence-corrected chi connectivity index (χ2v) is 7.10. The Balaban J connectivity index is 1.71. The molecule has 0 amide bonds. The minimum Gasteiger partial charge on any atom is -0.493 e. The van der Waals surface area contributed by atoms with Gasteiger partial charge in [-0.05, 0) is 59.2 Å². The van der Waals surface area contributed by atoms with Crippen LogP contribution >= 0.6 is 11.6 Å². The van der Waals surface area contributed by atoms with E-state index in [9.17, 15) is 4.79 Å². The summed E-state index contributed by atoms with van der Waals surface area (Å²) in [5.41, 5.74) is 3.49. The minimum absolute atomic E-state index is 0.0666. The molecule has 3 aromatic rings. The minimum atomic E-state index is -0.0666. The number of allylic oxidation sites excluding steroid dienone is 1. The average molecular weight is 435 g/mol. The summed E-state index contributed by atoms with van der Waals surface area (Å²) in [4.78, 5) is 12.2. The van der Waals surface area contributed by atoms with Crippen molar-refractivity contribution in [1.29, 1.82) is 0 Å². The van der Waals surface area contributed by atoms with Gasteiger partial charge in [-0.2, -0.15) is 0 Å². The van der Waals surface area contributed by atoms with E-state index in [-0.39, 0.29) is 5.78 Å². The fourth-order valence-corrected chi connectivity index (χ4v) is 3.12. The molecule has 0 N–H and O–H groups in total. The Hall–Kier alpha value is -3.50. The third-order valence-corrected chi connectivity index (χ3v) is 4.90. The number of rotatable bonds is 8. The van der Waals surface area contributed by atoms with E-state index in [1.807, 2.05) is 48.6 Å². The van der Waals surface area contributed by atoms with Gasteiger partial charge in [0.05, 0.1) is 21.3 Å². The Kier molecular flexibility index (Phi) is 7.52. The number of halogens is 1. The highest BCUT2D eigenvalue weighted by Crippen LogP contribution is 2.38. The molecule has 0 bridgehead atoms. The van der Waals surface area contributed by atoms with Crippen LogP contribution in [0.15, 0.2) is 66.7 Å². The van der Waals surface area contributed by atoms with Gasteiger partial charge in [-0.25, -0.2) is 0 Å². The normalized spacial score (nSPS) is 11.1. The van der Waals surface area contributed by atoms with Gasteiger partial charge in [0, 0.05) is 10.6 Å². The number of hydrogen-bond donors (Lipinski definition) is 0. The van der Waals surface area contributed by atoms with Crippen LogP contribution in [0.4, 0.5) is 0 Å². The van der Waals surface area contributed by atoms with Crippen molar-refractivity contribution >= 4 is 35.6 Å². The number of carbonyl (C=O) groups excluding carboxylic acids is 1. The summed E-state index contributed by atoms with van der Waals surface area (Å²) >= 11 is 5.86. The topological polar surface area (TPSA) is 44.8 Å². The fourth-order valence-electron chi connectivity index (χ4n) is 2.99. The first kappa shape index (κ1) is 22.2. The molecule has 31 heavy (non-hydrogen) atoms. The van der Waals surface area contributed by atoms with Crippen LogP contribution < -0.4 is 14.2 Å². The highest BCUT2D eigenvalue weighted by molar-refractivity contribution is 6.30. The molecule has 0 aromatic heterocycles. The molecule has 0 saturated heterocycles. The Morgan fingerprint density at radius 2 is 1.23 bits per heavy atom. The number of carbonyl (C=O) groups is 1. The first-order valence-corrected chi connectivity index (χ1v) is 9.98. The van der Waals surface area contributed by atoms with Crippen molar-refractivity contribution < 1.29 is 19.0 Å². The lowest BCUT2D eigenvalue weighted by atomic mass is 10.1. The number of hydrogen-bond acceptors (Lipinski definition) is 4. The van der Waals surface area contributed by atoms with Gasteiger partial charge in [0.25, 0.3) is 0 Å². The van der Waals surface area contributed by atoms with Gasteiger partial charge in [0.1, 0.15) is 0 Å². The third kappa shape index (κ3) is 5.77. The van der Waals surface area contributed by atoms with Crippen LogP contribution in [-0.2, 0) is 0 Å². The molecule has 158 valence electrons. The molecule has 0 aliphatic heterocycles. The molecule has 3 rings (SSSR count). The number of methoxy groups -OCH3 is 3. The summed E-state index contributed by atoms with van der Waals surface area (Å²) in [7, 11) is 4.76. The molecule has 5 heteroatoms. The first-order chi connectivity index (χ1) is 15.0. The molecule has 0 aliphatic carbocycles. The summed E-state index contributed by atoms with van der Waals surface area (Å²) in [6, 6.07) is 18.5. The third-order valence-electron chi connectivity index (χ3n) is 4.65. The molecule has 0 aliphatic rings. The van der Waals surface area contributed by atoms with Crippen LogP contribution in [0.2, 0.25) is 5.02 Å². The summed E-state index contributed by atoms with van der Waals surface area (Å²) in [6.45, 7) is 0. The maximum Gasteiger partial charge on any atom is 0.203 e. The van der Waals surface area contributed by atoms with Gasteiger partial charge in [0.15, 0.2) is 17.3 Å². The van der Waals surface area contributed by atoms with E-state index in [2.05, 4.69) is 0 Å². The van der Waals surface area contributed by atoms with Crippen molar-refractivity contribution in [2.45, 2.75) is 0 Å². The van der Waals surface area contributed by atoms with Crippen molar-refractivity contribution in [2.75, 3.05) is 21.3 Å². The Labute approximate surface area is 187 Å². The van der Waals surface area contributed by atoms with E-state index in [1.54, 1.807) is 57.7 Å². The monoisotopic (exact) mass is 434 g/mol. The molecule has 4 nitrogen and oxygen atoms in total. The molecular formula is C26H23ClO4. The van der Waals surface area contributed by atoms with E-state index in [0.29, 0.717) is 27.8 Å². The van der Waals surface area contributed by atoms with E-state index >= 15 is 0 Å². The van der Waals surface area contributed by atoms with Gasteiger partial charge in [0.2, 0.25) is 5.75 Å². The first-order valence-electron chi connectivity index (χ1n) is 9.60. The van der Waals surface area contributed by atoms with E-state index < -0.39 is 0 Å². The second kappa shape index (κ2) is 10.5. The largest absolute Gasteiger partial charge is 0.493 e. The van der Waals surface area contributed by atoms with Crippen molar-refractivity contribution in [3.05, 3.63) is 94.0 Å². The zero-order chi connectivity index (χ0) is 22.2. The number of ether oxygens (including phenoxy) is 3.